The second kappa shape index (κ2) is 8.85. The second-order valence-electron chi connectivity index (χ2n) is 7.63. The fourth-order valence-corrected chi connectivity index (χ4v) is 3.17. The molecule has 1 aliphatic heterocycles. The summed E-state index contributed by atoms with van der Waals surface area (Å²) < 4.78 is 11.3. The Balaban J connectivity index is 1.52. The Morgan fingerprint density at radius 3 is 2.48 bits per heavy atom. The summed E-state index contributed by atoms with van der Waals surface area (Å²) in [6.07, 6.45) is 5.16. The summed E-state index contributed by atoms with van der Waals surface area (Å²) in [5.41, 5.74) is -0.438. The molecular formula is C17H33N3O3. The molecule has 1 unspecified atom stereocenters. The molecule has 1 saturated carbocycles. The highest BCUT2D eigenvalue weighted by atomic mass is 16.6. The fraction of sp³-hybridized carbons (Fsp3) is 0.941. The van der Waals surface area contributed by atoms with Crippen LogP contribution >= 0.6 is 0 Å². The molecule has 0 aromatic carbocycles. The van der Waals surface area contributed by atoms with Gasteiger partial charge < -0.3 is 25.4 Å². The Bertz CT molecular complexity index is 357. The van der Waals surface area contributed by atoms with Gasteiger partial charge in [0.2, 0.25) is 0 Å². The minimum Gasteiger partial charge on any atom is -0.444 e. The Hall–Kier alpha value is -0.850. The van der Waals surface area contributed by atoms with Gasteiger partial charge in [-0.05, 0) is 59.4 Å². The highest BCUT2D eigenvalue weighted by molar-refractivity contribution is 5.68. The van der Waals surface area contributed by atoms with E-state index in [1.807, 2.05) is 20.8 Å². The van der Waals surface area contributed by atoms with Gasteiger partial charge in [-0.3, -0.25) is 0 Å². The molecule has 0 bridgehead atoms. The number of hydrogen-bond acceptors (Lipinski definition) is 5. The molecule has 1 saturated heterocycles. The van der Waals surface area contributed by atoms with Gasteiger partial charge in [-0.15, -0.1) is 0 Å². The molecule has 134 valence electrons. The Morgan fingerprint density at radius 2 is 1.87 bits per heavy atom. The lowest BCUT2D eigenvalue weighted by molar-refractivity contribution is 0.0189. The zero-order chi connectivity index (χ0) is 16.7. The van der Waals surface area contributed by atoms with Gasteiger partial charge in [0, 0.05) is 25.2 Å². The first kappa shape index (κ1) is 18.5. The molecule has 2 aliphatic rings. The van der Waals surface area contributed by atoms with Crippen molar-refractivity contribution in [2.75, 3.05) is 26.2 Å². The maximum absolute atomic E-state index is 11.8. The fourth-order valence-electron chi connectivity index (χ4n) is 3.17. The standard InChI is InChI=1S/C17H33N3O3/c1-17(2,3)23-16(21)20-13-4-6-15(7-5-13)22-11-10-19-14-8-9-18-12-14/h13-15,18-19H,4-12H2,1-3H3,(H,20,21). The van der Waals surface area contributed by atoms with Gasteiger partial charge in [-0.2, -0.15) is 0 Å². The first-order valence-corrected chi connectivity index (χ1v) is 8.97. The molecule has 1 amide bonds. The van der Waals surface area contributed by atoms with Crippen molar-refractivity contribution >= 4 is 6.09 Å². The van der Waals surface area contributed by atoms with Crippen LogP contribution in [-0.4, -0.2) is 56.1 Å². The average molecular weight is 327 g/mol. The van der Waals surface area contributed by atoms with Crippen molar-refractivity contribution in [1.29, 1.82) is 0 Å². The Kier molecular flexibility index (Phi) is 7.11. The lowest BCUT2D eigenvalue weighted by Crippen LogP contribution is -2.42. The third-order valence-corrected chi connectivity index (χ3v) is 4.34. The molecule has 1 atom stereocenters. The van der Waals surface area contributed by atoms with Gasteiger partial charge in [0.25, 0.3) is 0 Å². The van der Waals surface area contributed by atoms with Gasteiger partial charge in [-0.1, -0.05) is 0 Å². The first-order chi connectivity index (χ1) is 10.9. The van der Waals surface area contributed by atoms with Gasteiger partial charge in [0.05, 0.1) is 12.7 Å². The van der Waals surface area contributed by atoms with Crippen molar-refractivity contribution in [2.45, 2.75) is 76.7 Å². The van der Waals surface area contributed by atoms with Gasteiger partial charge in [-0.25, -0.2) is 4.79 Å². The largest absolute Gasteiger partial charge is 0.444 e. The van der Waals surface area contributed by atoms with Crippen molar-refractivity contribution in [1.82, 2.24) is 16.0 Å². The van der Waals surface area contributed by atoms with Crippen LogP contribution in [0.25, 0.3) is 0 Å². The minimum atomic E-state index is -0.438. The van der Waals surface area contributed by atoms with E-state index in [9.17, 15) is 4.79 Å². The summed E-state index contributed by atoms with van der Waals surface area (Å²) >= 11 is 0. The van der Waals surface area contributed by atoms with Crippen LogP contribution in [0.2, 0.25) is 0 Å². The maximum atomic E-state index is 11.8. The Labute approximate surface area is 140 Å². The van der Waals surface area contributed by atoms with Crippen LogP contribution in [0.1, 0.15) is 52.9 Å². The highest BCUT2D eigenvalue weighted by Gasteiger charge is 2.25. The summed E-state index contributed by atoms with van der Waals surface area (Å²) in [6.45, 7) is 9.52. The molecule has 3 N–H and O–H groups in total. The van der Waals surface area contributed by atoms with Crippen LogP contribution in [0.3, 0.4) is 0 Å². The zero-order valence-corrected chi connectivity index (χ0v) is 14.8. The second-order valence-corrected chi connectivity index (χ2v) is 7.63. The van der Waals surface area contributed by atoms with E-state index in [0.717, 1.165) is 51.9 Å². The molecule has 23 heavy (non-hydrogen) atoms. The highest BCUT2D eigenvalue weighted by Crippen LogP contribution is 2.21. The van der Waals surface area contributed by atoms with E-state index in [-0.39, 0.29) is 12.1 Å². The van der Waals surface area contributed by atoms with Crippen LogP contribution in [-0.2, 0) is 9.47 Å². The van der Waals surface area contributed by atoms with E-state index in [4.69, 9.17) is 9.47 Å². The van der Waals surface area contributed by atoms with Crippen molar-refractivity contribution in [3.05, 3.63) is 0 Å². The monoisotopic (exact) mass is 327 g/mol. The van der Waals surface area contributed by atoms with E-state index < -0.39 is 5.60 Å². The third kappa shape index (κ3) is 7.50. The van der Waals surface area contributed by atoms with Gasteiger partial charge in [0.15, 0.2) is 0 Å². The molecule has 1 heterocycles. The number of ether oxygens (including phenoxy) is 2. The van der Waals surface area contributed by atoms with Crippen LogP contribution < -0.4 is 16.0 Å². The molecule has 2 rings (SSSR count). The number of alkyl carbamates (subject to hydrolysis) is 1. The SMILES string of the molecule is CC(C)(C)OC(=O)NC1CCC(OCCNC2CCNC2)CC1. The number of rotatable bonds is 6. The molecule has 0 aromatic rings. The number of carbonyl (C=O) groups excluding carboxylic acids is 1. The first-order valence-electron chi connectivity index (χ1n) is 8.97. The van der Waals surface area contributed by atoms with Crippen LogP contribution in [0.15, 0.2) is 0 Å². The van der Waals surface area contributed by atoms with Crippen molar-refractivity contribution < 1.29 is 14.3 Å². The lowest BCUT2D eigenvalue weighted by Gasteiger charge is -2.30. The van der Waals surface area contributed by atoms with Gasteiger partial charge in [0.1, 0.15) is 5.60 Å². The summed E-state index contributed by atoms with van der Waals surface area (Å²) in [5.74, 6) is 0. The van der Waals surface area contributed by atoms with E-state index in [1.165, 1.54) is 6.42 Å². The zero-order valence-electron chi connectivity index (χ0n) is 14.8. The quantitative estimate of drug-likeness (QED) is 0.649. The van der Waals surface area contributed by atoms with Crippen molar-refractivity contribution in [2.24, 2.45) is 0 Å². The third-order valence-electron chi connectivity index (χ3n) is 4.34. The number of amides is 1. The average Bonchev–Trinajstić information content (AvgIpc) is 2.96. The lowest BCUT2D eigenvalue weighted by atomic mass is 9.93. The minimum absolute atomic E-state index is 0.215. The number of nitrogens with one attached hydrogen (secondary N) is 3. The molecule has 1 aliphatic carbocycles. The summed E-state index contributed by atoms with van der Waals surface area (Å²) in [6, 6.07) is 0.819. The summed E-state index contributed by atoms with van der Waals surface area (Å²) in [7, 11) is 0. The molecule has 0 spiro atoms. The smallest absolute Gasteiger partial charge is 0.407 e. The molecular weight excluding hydrogens is 294 g/mol. The van der Waals surface area contributed by atoms with Crippen LogP contribution in [0, 0.1) is 0 Å². The predicted octanol–water partition coefficient (Wildman–Crippen LogP) is 1.79. The number of carbonyl (C=O) groups is 1. The predicted molar refractivity (Wildman–Crippen MR) is 90.6 cm³/mol. The maximum Gasteiger partial charge on any atom is 0.407 e. The molecule has 2 fully saturated rings. The van der Waals surface area contributed by atoms with E-state index >= 15 is 0 Å². The van der Waals surface area contributed by atoms with E-state index in [0.29, 0.717) is 12.1 Å². The van der Waals surface area contributed by atoms with Gasteiger partial charge >= 0.3 is 6.09 Å². The molecule has 6 heteroatoms. The summed E-state index contributed by atoms with van der Waals surface area (Å²) in [4.78, 5) is 11.8. The number of hydrogen-bond donors (Lipinski definition) is 3. The molecule has 0 aromatic heterocycles. The summed E-state index contributed by atoms with van der Waals surface area (Å²) in [5, 5.41) is 9.83. The Morgan fingerprint density at radius 1 is 1.13 bits per heavy atom. The van der Waals surface area contributed by atoms with E-state index in [2.05, 4.69) is 16.0 Å². The van der Waals surface area contributed by atoms with Crippen LogP contribution in [0.5, 0.6) is 0 Å². The normalized spacial score (nSPS) is 28.6. The topological polar surface area (TPSA) is 71.6 Å². The van der Waals surface area contributed by atoms with E-state index in [1.54, 1.807) is 0 Å². The van der Waals surface area contributed by atoms with Crippen molar-refractivity contribution in [3.8, 4) is 0 Å². The molecule has 6 nitrogen and oxygen atoms in total. The van der Waals surface area contributed by atoms with Crippen molar-refractivity contribution in [3.63, 3.8) is 0 Å². The molecule has 0 radical (unpaired) electrons. The van der Waals surface area contributed by atoms with Crippen LogP contribution in [0.4, 0.5) is 4.79 Å².